The molecule has 3 aromatic rings. The molecular formula is C30H33ClF4N6O3. The van der Waals surface area contributed by atoms with Gasteiger partial charge in [-0.1, -0.05) is 11.6 Å². The Kier molecular flexibility index (Phi) is 7.21. The number of nitrogens with two attached hydrogens (primary N) is 1. The number of benzene rings is 1. The number of fused-ring (bicyclic) bond motifs is 3. The molecule has 0 radical (unpaired) electrons. The molecule has 2 aliphatic carbocycles. The number of alkyl halides is 3. The van der Waals surface area contributed by atoms with Crippen molar-refractivity contribution in [2.24, 2.45) is 5.41 Å². The van der Waals surface area contributed by atoms with Gasteiger partial charge in [-0.25, -0.2) is 9.37 Å². The predicted molar refractivity (Wildman–Crippen MR) is 157 cm³/mol. The number of nitrogens with one attached hydrogen (secondary N) is 1. The second-order valence-corrected chi connectivity index (χ2v) is 12.8. The lowest BCUT2D eigenvalue weighted by Gasteiger charge is -2.41. The average Bonchev–Trinajstić information content (AvgIpc) is 3.55. The molecule has 4 bridgehead atoms. The molecule has 2 aromatic heterocycles. The van der Waals surface area contributed by atoms with E-state index in [9.17, 15) is 13.2 Å². The summed E-state index contributed by atoms with van der Waals surface area (Å²) >= 11 is 6.88. The van der Waals surface area contributed by atoms with Gasteiger partial charge in [-0.3, -0.25) is 0 Å². The number of halogens is 5. The lowest BCUT2D eigenvalue weighted by molar-refractivity contribution is -0.137. The Balaban J connectivity index is 1.49. The molecule has 2 saturated carbocycles. The molecule has 3 aliphatic heterocycles. The van der Waals surface area contributed by atoms with Crippen molar-refractivity contribution in [1.82, 2.24) is 20.3 Å². The van der Waals surface area contributed by atoms with Crippen LogP contribution in [0.3, 0.4) is 0 Å². The van der Waals surface area contributed by atoms with Gasteiger partial charge in [0.05, 0.1) is 46.5 Å². The highest BCUT2D eigenvalue weighted by molar-refractivity contribution is 6.36. The number of hydrogen-bond acceptors (Lipinski definition) is 9. The van der Waals surface area contributed by atoms with Crippen LogP contribution in [0.15, 0.2) is 6.07 Å². The summed E-state index contributed by atoms with van der Waals surface area (Å²) in [6.07, 6.45) is -0.131. The van der Waals surface area contributed by atoms with Crippen LogP contribution >= 0.6 is 11.6 Å². The number of aryl methyl sites for hydroxylation is 1. The second kappa shape index (κ2) is 10.7. The van der Waals surface area contributed by atoms with Crippen LogP contribution in [0.1, 0.15) is 49.7 Å². The number of aromatic nitrogens is 3. The van der Waals surface area contributed by atoms with Gasteiger partial charge in [0.15, 0.2) is 11.6 Å². The van der Waals surface area contributed by atoms with Crippen molar-refractivity contribution in [2.45, 2.75) is 69.9 Å². The van der Waals surface area contributed by atoms with Crippen LogP contribution in [0.5, 0.6) is 11.8 Å². The summed E-state index contributed by atoms with van der Waals surface area (Å²) in [5, 5.41) is 3.02. The van der Waals surface area contributed by atoms with E-state index in [1.807, 2.05) is 7.05 Å². The summed E-state index contributed by atoms with van der Waals surface area (Å²) in [6, 6.07) is 1.05. The molecule has 2 saturated heterocycles. The molecule has 44 heavy (non-hydrogen) atoms. The van der Waals surface area contributed by atoms with Gasteiger partial charge in [0.25, 0.3) is 0 Å². The standard InChI is InChI=1S/C30H33ClF4N6O3/c1-14-8-18(36)38-24(21(14)30(33,34)35)19-22(31)26-20-25(23(19)32)39-28(43-13-29-10-17(11-29)42-12-29)40-27(20)41(7-6-37-2)15-4-3-5-16(9-15)44-26/h8,15-17,37H,3-7,9-13H2,1-2H3,(H2,36,38). The minimum atomic E-state index is -4.87. The number of rotatable bonds is 7. The fourth-order valence-electron chi connectivity index (χ4n) is 7.25. The molecule has 3 N–H and O–H groups in total. The Morgan fingerprint density at radius 1 is 1.20 bits per heavy atom. The molecule has 9 nitrogen and oxygen atoms in total. The highest BCUT2D eigenvalue weighted by atomic mass is 35.5. The first-order valence-corrected chi connectivity index (χ1v) is 15.3. The van der Waals surface area contributed by atoms with Crippen LogP contribution in [-0.4, -0.2) is 66.6 Å². The molecule has 2 unspecified atom stereocenters. The van der Waals surface area contributed by atoms with E-state index in [2.05, 4.69) is 20.2 Å². The van der Waals surface area contributed by atoms with Gasteiger partial charge in [0.2, 0.25) is 0 Å². The second-order valence-electron chi connectivity index (χ2n) is 12.5. The van der Waals surface area contributed by atoms with Crippen LogP contribution in [-0.2, 0) is 10.9 Å². The summed E-state index contributed by atoms with van der Waals surface area (Å²) in [5.74, 6) is -0.895. The summed E-state index contributed by atoms with van der Waals surface area (Å²) in [4.78, 5) is 15.3. The zero-order chi connectivity index (χ0) is 31.0. The minimum absolute atomic E-state index is 0.0269. The monoisotopic (exact) mass is 636 g/mol. The zero-order valence-electron chi connectivity index (χ0n) is 24.4. The fraction of sp³-hybridized carbons (Fsp3) is 0.567. The molecule has 1 aromatic carbocycles. The lowest BCUT2D eigenvalue weighted by atomic mass is 9.71. The third-order valence-electron chi connectivity index (χ3n) is 9.35. The van der Waals surface area contributed by atoms with Crippen LogP contribution in [0, 0.1) is 18.2 Å². The first-order valence-electron chi connectivity index (χ1n) is 14.9. The van der Waals surface area contributed by atoms with Gasteiger partial charge in [-0.05, 0) is 57.7 Å². The number of pyridine rings is 1. The van der Waals surface area contributed by atoms with Crippen molar-refractivity contribution in [2.75, 3.05) is 44.0 Å². The molecule has 8 rings (SSSR count). The Hall–Kier alpha value is -3.16. The fourth-order valence-corrected chi connectivity index (χ4v) is 7.56. The van der Waals surface area contributed by atoms with E-state index < -0.39 is 28.8 Å². The predicted octanol–water partition coefficient (Wildman–Crippen LogP) is 5.68. The van der Waals surface area contributed by atoms with Crippen molar-refractivity contribution >= 4 is 34.1 Å². The lowest BCUT2D eigenvalue weighted by Crippen LogP contribution is -2.46. The summed E-state index contributed by atoms with van der Waals surface area (Å²) in [5.41, 5.74) is 2.85. The highest BCUT2D eigenvalue weighted by Crippen LogP contribution is 2.52. The van der Waals surface area contributed by atoms with Crippen LogP contribution in [0.25, 0.3) is 22.2 Å². The largest absolute Gasteiger partial charge is 0.488 e. The van der Waals surface area contributed by atoms with E-state index in [4.69, 9.17) is 36.5 Å². The van der Waals surface area contributed by atoms with Gasteiger partial charge in [-0.2, -0.15) is 23.1 Å². The van der Waals surface area contributed by atoms with E-state index in [0.29, 0.717) is 38.4 Å². The highest BCUT2D eigenvalue weighted by Gasteiger charge is 2.52. The van der Waals surface area contributed by atoms with E-state index in [1.54, 1.807) is 0 Å². The van der Waals surface area contributed by atoms with Gasteiger partial charge >= 0.3 is 12.2 Å². The Morgan fingerprint density at radius 2 is 2.00 bits per heavy atom. The third-order valence-corrected chi connectivity index (χ3v) is 9.71. The van der Waals surface area contributed by atoms with E-state index in [0.717, 1.165) is 31.7 Å². The van der Waals surface area contributed by atoms with Crippen molar-refractivity contribution in [1.29, 1.82) is 0 Å². The number of anilines is 2. The Bertz CT molecular complexity index is 1630. The zero-order valence-corrected chi connectivity index (χ0v) is 25.1. The quantitative estimate of drug-likeness (QED) is 0.317. The summed E-state index contributed by atoms with van der Waals surface area (Å²) in [7, 11) is 1.84. The summed E-state index contributed by atoms with van der Waals surface area (Å²) in [6.45, 7) is 3.22. The van der Waals surface area contributed by atoms with Crippen molar-refractivity contribution in [3.63, 3.8) is 0 Å². The minimum Gasteiger partial charge on any atom is -0.488 e. The van der Waals surface area contributed by atoms with Gasteiger partial charge in [0.1, 0.15) is 23.3 Å². The Labute approximate surface area is 256 Å². The van der Waals surface area contributed by atoms with Crippen LogP contribution in [0.4, 0.5) is 29.2 Å². The Morgan fingerprint density at radius 3 is 2.70 bits per heavy atom. The van der Waals surface area contributed by atoms with Gasteiger partial charge in [0, 0.05) is 31.0 Å². The molecule has 14 heteroatoms. The first kappa shape index (κ1) is 29.5. The maximum absolute atomic E-state index is 16.9. The molecule has 4 fully saturated rings. The van der Waals surface area contributed by atoms with Crippen LogP contribution < -0.4 is 25.4 Å². The maximum Gasteiger partial charge on any atom is 0.418 e. The van der Waals surface area contributed by atoms with Crippen molar-refractivity contribution in [3.05, 3.63) is 28.0 Å². The number of hydrogen-bond donors (Lipinski definition) is 2. The van der Waals surface area contributed by atoms with Crippen molar-refractivity contribution in [3.8, 4) is 23.0 Å². The molecule has 0 spiro atoms. The van der Waals surface area contributed by atoms with Gasteiger partial charge in [-0.15, -0.1) is 0 Å². The number of ether oxygens (including phenoxy) is 3. The number of nitrogens with zero attached hydrogens (tertiary/aromatic N) is 4. The third kappa shape index (κ3) is 4.87. The number of nitrogen functional groups attached to an aromatic ring is 1. The molecule has 2 atom stereocenters. The molecule has 5 heterocycles. The smallest absolute Gasteiger partial charge is 0.418 e. The molecule has 5 aliphatic rings. The normalized spacial score (nSPS) is 25.8. The molecular weight excluding hydrogens is 604 g/mol. The van der Waals surface area contributed by atoms with Crippen molar-refractivity contribution < 1.29 is 31.8 Å². The number of likely N-dealkylation sites (N-methyl/N-ethyl adjacent to an activating group) is 1. The van der Waals surface area contributed by atoms with Gasteiger partial charge < -0.3 is 30.2 Å². The van der Waals surface area contributed by atoms with Crippen LogP contribution in [0.2, 0.25) is 5.02 Å². The molecule has 0 amide bonds. The van der Waals surface area contributed by atoms with E-state index >= 15 is 4.39 Å². The van der Waals surface area contributed by atoms with E-state index in [-0.39, 0.29) is 69.3 Å². The first-order chi connectivity index (χ1) is 21.0. The maximum atomic E-state index is 16.9. The SMILES string of the molecule is CNCCN1c2nc(OCC34COC(C3)C4)nc3c(F)c(-c4nc(N)cc(C)c4C(F)(F)F)c(Cl)c(c23)OC2CCCC1C2. The summed E-state index contributed by atoms with van der Waals surface area (Å²) < 4.78 is 78.4. The topological polar surface area (TPSA) is 108 Å². The molecule has 236 valence electrons. The average molecular weight is 637 g/mol. The van der Waals surface area contributed by atoms with E-state index in [1.165, 1.54) is 6.92 Å².